The van der Waals surface area contributed by atoms with Crippen molar-refractivity contribution in [3.05, 3.63) is 46.3 Å². The van der Waals surface area contributed by atoms with Gasteiger partial charge < -0.3 is 9.15 Å². The minimum Gasteiger partial charge on any atom is -0.464 e. The van der Waals surface area contributed by atoms with Gasteiger partial charge in [-0.2, -0.15) is 0 Å². The predicted molar refractivity (Wildman–Crippen MR) is 60.4 cm³/mol. The van der Waals surface area contributed by atoms with Crippen molar-refractivity contribution in [1.82, 2.24) is 0 Å². The summed E-state index contributed by atoms with van der Waals surface area (Å²) >= 11 is 0. The monoisotopic (exact) mass is 216 g/mol. The van der Waals surface area contributed by atoms with Gasteiger partial charge in [-0.05, 0) is 25.0 Å². The lowest BCUT2D eigenvalue weighted by Crippen LogP contribution is -2.12. The van der Waals surface area contributed by atoms with Crippen molar-refractivity contribution in [1.29, 1.82) is 0 Å². The molecule has 1 unspecified atom stereocenters. The van der Waals surface area contributed by atoms with E-state index in [1.807, 2.05) is 12.1 Å². The molecule has 3 heteroatoms. The van der Waals surface area contributed by atoms with E-state index in [2.05, 4.69) is 0 Å². The Hall–Kier alpha value is -1.61. The maximum atomic E-state index is 12.2. The maximum absolute atomic E-state index is 12.2. The van der Waals surface area contributed by atoms with Gasteiger partial charge in [-0.1, -0.05) is 12.1 Å². The second-order valence-electron chi connectivity index (χ2n) is 4.02. The van der Waals surface area contributed by atoms with Crippen molar-refractivity contribution in [2.24, 2.45) is 0 Å². The number of fused-ring (bicyclic) bond motifs is 1. The standard InChI is InChI=1S/C13H12O3/c14-13-9-4-1-2-5-11(9)16-8-10(13)12-6-3-7-15-12/h1-2,4-5,8,12H,3,6-7H2. The normalized spacial score (nSPS) is 20.4. The van der Waals surface area contributed by atoms with Gasteiger partial charge in [-0.3, -0.25) is 4.79 Å². The maximum Gasteiger partial charge on any atom is 0.198 e. The predicted octanol–water partition coefficient (Wildman–Crippen LogP) is 2.64. The first kappa shape index (κ1) is 9.60. The van der Waals surface area contributed by atoms with Gasteiger partial charge in [0.1, 0.15) is 11.8 Å². The summed E-state index contributed by atoms with van der Waals surface area (Å²) in [5.41, 5.74) is 1.32. The summed E-state index contributed by atoms with van der Waals surface area (Å²) in [6.07, 6.45) is 3.38. The van der Waals surface area contributed by atoms with Crippen LogP contribution in [0.25, 0.3) is 11.0 Å². The van der Waals surface area contributed by atoms with E-state index >= 15 is 0 Å². The largest absolute Gasteiger partial charge is 0.464 e. The Morgan fingerprint density at radius 3 is 2.94 bits per heavy atom. The van der Waals surface area contributed by atoms with Crippen LogP contribution < -0.4 is 5.43 Å². The van der Waals surface area contributed by atoms with Gasteiger partial charge in [-0.25, -0.2) is 0 Å². The summed E-state index contributed by atoms with van der Waals surface area (Å²) in [4.78, 5) is 12.2. The fourth-order valence-electron chi connectivity index (χ4n) is 2.14. The molecule has 16 heavy (non-hydrogen) atoms. The third-order valence-electron chi connectivity index (χ3n) is 2.98. The van der Waals surface area contributed by atoms with E-state index in [0.717, 1.165) is 19.4 Å². The van der Waals surface area contributed by atoms with Crippen LogP contribution in [0.5, 0.6) is 0 Å². The van der Waals surface area contributed by atoms with Gasteiger partial charge in [0, 0.05) is 6.61 Å². The molecule has 0 radical (unpaired) electrons. The summed E-state index contributed by atoms with van der Waals surface area (Å²) in [6, 6.07) is 7.30. The third kappa shape index (κ3) is 1.44. The van der Waals surface area contributed by atoms with Crippen LogP contribution in [0, 0.1) is 0 Å². The molecule has 1 aromatic carbocycles. The zero-order valence-corrected chi connectivity index (χ0v) is 8.81. The number of rotatable bonds is 1. The van der Waals surface area contributed by atoms with Crippen LogP contribution in [0.15, 0.2) is 39.7 Å². The highest BCUT2D eigenvalue weighted by Crippen LogP contribution is 2.27. The molecule has 1 aromatic heterocycles. The molecule has 0 N–H and O–H groups in total. The quantitative estimate of drug-likeness (QED) is 0.735. The van der Waals surface area contributed by atoms with Crippen LogP contribution in [0.4, 0.5) is 0 Å². The lowest BCUT2D eigenvalue weighted by atomic mass is 10.1. The van der Waals surface area contributed by atoms with E-state index in [4.69, 9.17) is 9.15 Å². The third-order valence-corrected chi connectivity index (χ3v) is 2.98. The van der Waals surface area contributed by atoms with Crippen LogP contribution in [-0.4, -0.2) is 6.61 Å². The number of hydrogen-bond donors (Lipinski definition) is 0. The summed E-state index contributed by atoms with van der Waals surface area (Å²) in [5, 5.41) is 0.635. The van der Waals surface area contributed by atoms with E-state index < -0.39 is 0 Å². The highest BCUT2D eigenvalue weighted by Gasteiger charge is 2.21. The average Bonchev–Trinajstić information content (AvgIpc) is 2.83. The van der Waals surface area contributed by atoms with Crippen molar-refractivity contribution in [2.45, 2.75) is 18.9 Å². The lowest BCUT2D eigenvalue weighted by Gasteiger charge is -2.08. The van der Waals surface area contributed by atoms with Crippen molar-refractivity contribution in [3.8, 4) is 0 Å². The minimum atomic E-state index is -0.0825. The number of para-hydroxylation sites is 1. The molecule has 0 spiro atoms. The van der Waals surface area contributed by atoms with Gasteiger partial charge in [-0.15, -0.1) is 0 Å². The Balaban J connectivity index is 2.19. The van der Waals surface area contributed by atoms with E-state index in [1.165, 1.54) is 0 Å². The molecule has 0 amide bonds. The molecule has 3 rings (SSSR count). The minimum absolute atomic E-state index is 0.0359. The second kappa shape index (κ2) is 3.76. The summed E-state index contributed by atoms with van der Waals surface area (Å²) in [6.45, 7) is 0.733. The average molecular weight is 216 g/mol. The van der Waals surface area contributed by atoms with Gasteiger partial charge in [0.2, 0.25) is 0 Å². The van der Waals surface area contributed by atoms with Crippen molar-refractivity contribution in [3.63, 3.8) is 0 Å². The van der Waals surface area contributed by atoms with Crippen LogP contribution in [0.3, 0.4) is 0 Å². The highest BCUT2D eigenvalue weighted by atomic mass is 16.5. The van der Waals surface area contributed by atoms with Gasteiger partial charge >= 0.3 is 0 Å². The van der Waals surface area contributed by atoms with E-state index in [1.54, 1.807) is 18.4 Å². The molecule has 2 heterocycles. The summed E-state index contributed by atoms with van der Waals surface area (Å²) in [5.74, 6) is 0. The van der Waals surface area contributed by atoms with Crippen molar-refractivity contribution >= 4 is 11.0 Å². The van der Waals surface area contributed by atoms with Crippen LogP contribution in [-0.2, 0) is 4.74 Å². The number of ether oxygens (including phenoxy) is 1. The number of hydrogen-bond acceptors (Lipinski definition) is 3. The first-order valence-corrected chi connectivity index (χ1v) is 5.48. The summed E-state index contributed by atoms with van der Waals surface area (Å²) in [7, 11) is 0. The number of benzene rings is 1. The van der Waals surface area contributed by atoms with Gasteiger partial charge in [0.15, 0.2) is 5.43 Å². The molecule has 0 aliphatic carbocycles. The van der Waals surface area contributed by atoms with E-state index in [9.17, 15) is 4.79 Å². The zero-order chi connectivity index (χ0) is 11.0. The van der Waals surface area contributed by atoms with Crippen molar-refractivity contribution < 1.29 is 9.15 Å². The molecule has 1 aliphatic rings. The fraction of sp³-hybridized carbons (Fsp3) is 0.308. The van der Waals surface area contributed by atoms with E-state index in [0.29, 0.717) is 16.5 Å². The summed E-state index contributed by atoms with van der Waals surface area (Å²) < 4.78 is 11.0. The van der Waals surface area contributed by atoms with Gasteiger partial charge in [0.05, 0.1) is 17.1 Å². The zero-order valence-electron chi connectivity index (χ0n) is 8.81. The van der Waals surface area contributed by atoms with Crippen LogP contribution in [0.2, 0.25) is 0 Å². The SMILES string of the molecule is O=c1c(C2CCCO2)coc2ccccc12. The van der Waals surface area contributed by atoms with Gasteiger partial charge in [0.25, 0.3) is 0 Å². The smallest absolute Gasteiger partial charge is 0.198 e. The molecule has 2 aromatic rings. The molecule has 0 saturated carbocycles. The topological polar surface area (TPSA) is 39.4 Å². The van der Waals surface area contributed by atoms with Crippen molar-refractivity contribution in [2.75, 3.05) is 6.61 Å². The second-order valence-corrected chi connectivity index (χ2v) is 4.02. The lowest BCUT2D eigenvalue weighted by molar-refractivity contribution is 0.110. The molecular formula is C13H12O3. The molecular weight excluding hydrogens is 204 g/mol. The molecule has 1 saturated heterocycles. The molecule has 82 valence electrons. The fourth-order valence-corrected chi connectivity index (χ4v) is 2.14. The Morgan fingerprint density at radius 2 is 2.12 bits per heavy atom. The van der Waals surface area contributed by atoms with E-state index in [-0.39, 0.29) is 11.5 Å². The van der Waals surface area contributed by atoms with Crippen LogP contribution >= 0.6 is 0 Å². The molecule has 0 bridgehead atoms. The van der Waals surface area contributed by atoms with Crippen LogP contribution in [0.1, 0.15) is 24.5 Å². The Kier molecular flexibility index (Phi) is 2.26. The molecule has 3 nitrogen and oxygen atoms in total. The molecule has 1 atom stereocenters. The molecule has 1 fully saturated rings. The highest BCUT2D eigenvalue weighted by molar-refractivity contribution is 5.76. The first-order chi connectivity index (χ1) is 7.86. The Morgan fingerprint density at radius 1 is 1.25 bits per heavy atom. The first-order valence-electron chi connectivity index (χ1n) is 5.48. The Labute approximate surface area is 92.6 Å². The molecule has 1 aliphatic heterocycles. The Bertz CT molecular complexity index is 565.